The molecule has 0 bridgehead atoms. The molecule has 0 aliphatic carbocycles. The number of hydrogen-bond acceptors (Lipinski definition) is 2. The van der Waals surface area contributed by atoms with Crippen LogP contribution in [0.25, 0.3) is 0 Å². The van der Waals surface area contributed by atoms with Crippen LogP contribution in [0.4, 0.5) is 0 Å². The molecule has 0 spiro atoms. The lowest BCUT2D eigenvalue weighted by Crippen LogP contribution is -2.36. The van der Waals surface area contributed by atoms with Gasteiger partial charge in [-0.15, -0.1) is 6.42 Å². The summed E-state index contributed by atoms with van der Waals surface area (Å²) in [7, 11) is 0. The van der Waals surface area contributed by atoms with Crippen LogP contribution in [0.5, 0.6) is 0 Å². The van der Waals surface area contributed by atoms with Gasteiger partial charge in [-0.25, -0.2) is 0 Å². The molecule has 1 unspecified atom stereocenters. The highest BCUT2D eigenvalue weighted by atomic mass is 16.1. The fraction of sp³-hybridized carbons (Fsp3) is 0.625. The molecule has 3 heteroatoms. The molecule has 0 aromatic rings. The Morgan fingerprint density at radius 3 is 3.18 bits per heavy atom. The second kappa shape index (κ2) is 3.99. The normalized spacial score (nSPS) is 22.6. The van der Waals surface area contributed by atoms with Gasteiger partial charge in [0, 0.05) is 12.6 Å². The Hall–Kier alpha value is -1.01. The number of carbonyl (C=O) groups excluding carboxylic acids is 1. The van der Waals surface area contributed by atoms with E-state index in [1.807, 2.05) is 5.92 Å². The van der Waals surface area contributed by atoms with Crippen molar-refractivity contribution in [1.29, 1.82) is 0 Å². The molecule has 0 saturated carbocycles. The summed E-state index contributed by atoms with van der Waals surface area (Å²) in [6, 6.07) is 0.423. The van der Waals surface area contributed by atoms with Gasteiger partial charge in [-0.2, -0.15) is 0 Å². The summed E-state index contributed by atoms with van der Waals surface area (Å²) in [5, 5.41) is 5.89. The molecule has 1 aliphatic heterocycles. The Labute approximate surface area is 66.5 Å². The Morgan fingerprint density at radius 2 is 2.64 bits per heavy atom. The first kappa shape index (κ1) is 8.09. The van der Waals surface area contributed by atoms with E-state index in [1.54, 1.807) is 0 Å². The van der Waals surface area contributed by atoms with Crippen molar-refractivity contribution < 1.29 is 4.79 Å². The Kier molecular flexibility index (Phi) is 2.94. The number of amides is 1. The summed E-state index contributed by atoms with van der Waals surface area (Å²) >= 11 is 0. The van der Waals surface area contributed by atoms with E-state index in [2.05, 4.69) is 10.6 Å². The zero-order valence-corrected chi connectivity index (χ0v) is 6.39. The molecule has 1 rings (SSSR count). The highest BCUT2D eigenvalue weighted by Crippen LogP contribution is 2.02. The average Bonchev–Trinajstić information content (AvgIpc) is 2.52. The van der Waals surface area contributed by atoms with Crippen LogP contribution in [0.2, 0.25) is 0 Å². The molecule has 0 radical (unpaired) electrons. The molecule has 1 saturated heterocycles. The Morgan fingerprint density at radius 1 is 1.82 bits per heavy atom. The predicted molar refractivity (Wildman–Crippen MR) is 42.9 cm³/mol. The quantitative estimate of drug-likeness (QED) is 0.523. The van der Waals surface area contributed by atoms with Gasteiger partial charge < -0.3 is 10.6 Å². The first-order valence-electron chi connectivity index (χ1n) is 3.81. The molecule has 0 aromatic carbocycles. The lowest BCUT2D eigenvalue weighted by Gasteiger charge is -2.08. The van der Waals surface area contributed by atoms with E-state index in [0.717, 1.165) is 13.0 Å². The Bertz CT molecular complexity index is 177. The maximum Gasteiger partial charge on any atom is 0.295 e. The van der Waals surface area contributed by atoms with E-state index in [-0.39, 0.29) is 5.91 Å². The summed E-state index contributed by atoms with van der Waals surface area (Å²) in [4.78, 5) is 10.6. The molecule has 3 nitrogen and oxygen atoms in total. The van der Waals surface area contributed by atoms with Gasteiger partial charge in [0.05, 0.1) is 0 Å². The maximum atomic E-state index is 10.6. The maximum absolute atomic E-state index is 10.6. The van der Waals surface area contributed by atoms with Crippen LogP contribution in [0.1, 0.15) is 12.8 Å². The zero-order chi connectivity index (χ0) is 8.10. The molecule has 0 aromatic heterocycles. The van der Waals surface area contributed by atoms with E-state index in [4.69, 9.17) is 6.42 Å². The summed E-state index contributed by atoms with van der Waals surface area (Å²) in [6.45, 7) is 1.71. The number of hydrogen-bond donors (Lipinski definition) is 2. The fourth-order valence-electron chi connectivity index (χ4n) is 1.20. The number of carbonyl (C=O) groups is 1. The van der Waals surface area contributed by atoms with Gasteiger partial charge in [0.2, 0.25) is 0 Å². The molecule has 60 valence electrons. The molecule has 1 fully saturated rings. The molecule has 2 N–H and O–H groups in total. The number of rotatable bonds is 2. The molecular weight excluding hydrogens is 140 g/mol. The number of nitrogens with one attached hydrogen (secondary N) is 2. The highest BCUT2D eigenvalue weighted by Gasteiger charge is 2.13. The molecule has 11 heavy (non-hydrogen) atoms. The van der Waals surface area contributed by atoms with Crippen molar-refractivity contribution in [1.82, 2.24) is 10.6 Å². The van der Waals surface area contributed by atoms with Gasteiger partial charge in [-0.05, 0) is 25.3 Å². The zero-order valence-electron chi connectivity index (χ0n) is 6.39. The van der Waals surface area contributed by atoms with Crippen LogP contribution in [0.3, 0.4) is 0 Å². The predicted octanol–water partition coefficient (Wildman–Crippen LogP) is -0.512. The topological polar surface area (TPSA) is 41.1 Å². The summed E-state index contributed by atoms with van der Waals surface area (Å²) < 4.78 is 0. The minimum Gasteiger partial charge on any atom is -0.344 e. The van der Waals surface area contributed by atoms with Crippen molar-refractivity contribution in [3.05, 3.63) is 0 Å². The van der Waals surface area contributed by atoms with E-state index >= 15 is 0 Å². The largest absolute Gasteiger partial charge is 0.344 e. The molecular formula is C8H12N2O. The molecule has 1 amide bonds. The van der Waals surface area contributed by atoms with Crippen molar-refractivity contribution in [3.63, 3.8) is 0 Å². The van der Waals surface area contributed by atoms with E-state index in [0.29, 0.717) is 12.6 Å². The van der Waals surface area contributed by atoms with Gasteiger partial charge in [-0.3, -0.25) is 4.79 Å². The van der Waals surface area contributed by atoms with E-state index in [1.165, 1.54) is 6.42 Å². The third kappa shape index (κ3) is 2.60. The van der Waals surface area contributed by atoms with Crippen LogP contribution in [0.15, 0.2) is 0 Å². The van der Waals surface area contributed by atoms with Crippen molar-refractivity contribution in [2.24, 2.45) is 0 Å². The summed E-state index contributed by atoms with van der Waals surface area (Å²) in [6.07, 6.45) is 7.20. The van der Waals surface area contributed by atoms with Crippen molar-refractivity contribution in [3.8, 4) is 12.3 Å². The third-order valence-corrected chi connectivity index (χ3v) is 1.80. The number of terminal acetylenes is 1. The summed E-state index contributed by atoms with van der Waals surface area (Å²) in [5.74, 6) is 1.69. The van der Waals surface area contributed by atoms with Crippen LogP contribution in [-0.2, 0) is 4.79 Å². The van der Waals surface area contributed by atoms with Gasteiger partial charge in [0.25, 0.3) is 5.91 Å². The minimum atomic E-state index is -0.321. The standard InChI is InChI=1S/C8H12N2O/c1-2-8(11)10-6-7-4-3-5-9-7/h1,7,9H,3-6H2,(H,10,11). The molecule has 1 heterocycles. The van der Waals surface area contributed by atoms with Crippen LogP contribution < -0.4 is 10.6 Å². The van der Waals surface area contributed by atoms with Crippen LogP contribution in [-0.4, -0.2) is 25.0 Å². The fourth-order valence-corrected chi connectivity index (χ4v) is 1.20. The molecule has 1 aliphatic rings. The van der Waals surface area contributed by atoms with Gasteiger partial charge >= 0.3 is 0 Å². The third-order valence-electron chi connectivity index (χ3n) is 1.80. The van der Waals surface area contributed by atoms with E-state index < -0.39 is 0 Å². The van der Waals surface area contributed by atoms with Gasteiger partial charge in [0.15, 0.2) is 0 Å². The smallest absolute Gasteiger partial charge is 0.295 e. The van der Waals surface area contributed by atoms with Crippen molar-refractivity contribution in [2.45, 2.75) is 18.9 Å². The summed E-state index contributed by atoms with van der Waals surface area (Å²) in [5.41, 5.74) is 0. The monoisotopic (exact) mass is 152 g/mol. The van der Waals surface area contributed by atoms with Crippen molar-refractivity contribution in [2.75, 3.05) is 13.1 Å². The lowest BCUT2D eigenvalue weighted by molar-refractivity contribution is -0.115. The van der Waals surface area contributed by atoms with Gasteiger partial charge in [0.1, 0.15) is 0 Å². The minimum absolute atomic E-state index is 0.321. The first-order chi connectivity index (χ1) is 5.33. The van der Waals surface area contributed by atoms with Crippen LogP contribution >= 0.6 is 0 Å². The first-order valence-corrected chi connectivity index (χ1v) is 3.81. The lowest BCUT2D eigenvalue weighted by atomic mass is 10.2. The second-order valence-corrected chi connectivity index (χ2v) is 2.65. The SMILES string of the molecule is C#CC(=O)NCC1CCCN1. The Balaban J connectivity index is 2.12. The highest BCUT2D eigenvalue weighted by molar-refractivity contribution is 5.92. The average molecular weight is 152 g/mol. The van der Waals surface area contributed by atoms with Gasteiger partial charge in [-0.1, -0.05) is 0 Å². The van der Waals surface area contributed by atoms with Crippen LogP contribution in [0, 0.1) is 12.3 Å². The van der Waals surface area contributed by atoms with E-state index in [9.17, 15) is 4.79 Å². The second-order valence-electron chi connectivity index (χ2n) is 2.65. The van der Waals surface area contributed by atoms with Crippen molar-refractivity contribution >= 4 is 5.91 Å². The molecule has 1 atom stereocenters.